The summed E-state index contributed by atoms with van der Waals surface area (Å²) in [6, 6.07) is 2.19. The van der Waals surface area contributed by atoms with E-state index in [-0.39, 0.29) is 18.6 Å². The van der Waals surface area contributed by atoms with Crippen molar-refractivity contribution in [2.24, 2.45) is 0 Å². The number of nitriles is 1. The van der Waals surface area contributed by atoms with Crippen molar-refractivity contribution in [1.29, 1.82) is 5.26 Å². The predicted molar refractivity (Wildman–Crippen MR) is 68.8 cm³/mol. The molecule has 0 spiro atoms. The molecule has 5 heteroatoms. The van der Waals surface area contributed by atoms with Crippen LogP contribution in [0.5, 0.6) is 0 Å². The summed E-state index contributed by atoms with van der Waals surface area (Å²) in [4.78, 5) is 15.9. The summed E-state index contributed by atoms with van der Waals surface area (Å²) in [5, 5.41) is 17.9. The minimum Gasteiger partial charge on any atom is -0.395 e. The molecule has 1 aliphatic rings. The summed E-state index contributed by atoms with van der Waals surface area (Å²) in [5.41, 5.74) is 0. The number of likely N-dealkylation sites (tertiary alicyclic amines) is 1. The van der Waals surface area contributed by atoms with E-state index < -0.39 is 0 Å². The van der Waals surface area contributed by atoms with E-state index in [9.17, 15) is 9.90 Å². The lowest BCUT2D eigenvalue weighted by molar-refractivity contribution is -0.133. The Morgan fingerprint density at radius 1 is 1.56 bits per heavy atom. The number of aliphatic hydroxyl groups excluding tert-OH is 1. The molecule has 18 heavy (non-hydrogen) atoms. The Balaban J connectivity index is 2.48. The fourth-order valence-corrected chi connectivity index (χ4v) is 2.39. The summed E-state index contributed by atoms with van der Waals surface area (Å²) >= 11 is 0. The minimum absolute atomic E-state index is 0.0631. The van der Waals surface area contributed by atoms with Crippen molar-refractivity contribution < 1.29 is 9.90 Å². The molecule has 0 aromatic carbocycles. The van der Waals surface area contributed by atoms with Crippen molar-refractivity contribution in [1.82, 2.24) is 9.80 Å². The van der Waals surface area contributed by atoms with Crippen molar-refractivity contribution in [3.8, 4) is 6.07 Å². The lowest BCUT2D eigenvalue weighted by Gasteiger charge is -2.35. The number of likely N-dealkylation sites (N-methyl/N-ethyl adjacent to an activating group) is 1. The summed E-state index contributed by atoms with van der Waals surface area (Å²) < 4.78 is 0. The van der Waals surface area contributed by atoms with Crippen molar-refractivity contribution in [3.63, 3.8) is 0 Å². The highest BCUT2D eigenvalue weighted by Gasteiger charge is 2.25. The van der Waals surface area contributed by atoms with E-state index in [1.165, 1.54) is 0 Å². The van der Waals surface area contributed by atoms with Crippen molar-refractivity contribution in [3.05, 3.63) is 0 Å². The molecule has 0 bridgehead atoms. The summed E-state index contributed by atoms with van der Waals surface area (Å²) in [5.74, 6) is 0.0631. The maximum atomic E-state index is 12.1. The number of hydrogen-bond acceptors (Lipinski definition) is 4. The van der Waals surface area contributed by atoms with Gasteiger partial charge < -0.3 is 10.0 Å². The van der Waals surface area contributed by atoms with Gasteiger partial charge in [-0.3, -0.25) is 9.69 Å². The van der Waals surface area contributed by atoms with Gasteiger partial charge in [0.2, 0.25) is 5.91 Å². The van der Waals surface area contributed by atoms with Crippen molar-refractivity contribution >= 4 is 5.91 Å². The van der Waals surface area contributed by atoms with E-state index in [4.69, 9.17) is 5.26 Å². The molecule has 1 heterocycles. The second-order valence-corrected chi connectivity index (χ2v) is 4.68. The van der Waals surface area contributed by atoms with E-state index >= 15 is 0 Å². The number of hydrogen-bond donors (Lipinski definition) is 1. The molecular weight excluding hydrogens is 230 g/mol. The lowest BCUT2D eigenvalue weighted by Crippen LogP contribution is -2.48. The second kappa shape index (κ2) is 8.06. The fraction of sp³-hybridized carbons (Fsp3) is 0.846. The smallest absolute Gasteiger partial charge is 0.236 e. The highest BCUT2D eigenvalue weighted by atomic mass is 16.3. The zero-order valence-electron chi connectivity index (χ0n) is 11.1. The number of amides is 1. The molecule has 0 aromatic rings. The third-order valence-corrected chi connectivity index (χ3v) is 3.53. The highest BCUT2D eigenvalue weighted by Crippen LogP contribution is 2.16. The van der Waals surface area contributed by atoms with Gasteiger partial charge in [0.1, 0.15) is 0 Å². The van der Waals surface area contributed by atoms with E-state index in [0.717, 1.165) is 25.8 Å². The Labute approximate surface area is 109 Å². The molecular formula is C13H23N3O2. The maximum Gasteiger partial charge on any atom is 0.236 e. The van der Waals surface area contributed by atoms with Crippen LogP contribution in [0.2, 0.25) is 0 Å². The predicted octanol–water partition coefficient (Wildman–Crippen LogP) is 0.595. The first-order chi connectivity index (χ1) is 8.72. The molecule has 5 nitrogen and oxygen atoms in total. The first-order valence-electron chi connectivity index (χ1n) is 6.72. The van der Waals surface area contributed by atoms with E-state index in [0.29, 0.717) is 26.1 Å². The third kappa shape index (κ3) is 4.28. The first-order valence-corrected chi connectivity index (χ1v) is 6.72. The topological polar surface area (TPSA) is 67.6 Å². The molecule has 1 saturated heterocycles. The van der Waals surface area contributed by atoms with Crippen LogP contribution in [0.15, 0.2) is 0 Å². The van der Waals surface area contributed by atoms with Gasteiger partial charge in [0.25, 0.3) is 0 Å². The number of carbonyl (C=O) groups excluding carboxylic acids is 1. The van der Waals surface area contributed by atoms with Gasteiger partial charge in [-0.05, 0) is 26.3 Å². The molecule has 1 rings (SSSR count). The molecule has 1 unspecified atom stereocenters. The van der Waals surface area contributed by atoms with Gasteiger partial charge in [-0.25, -0.2) is 0 Å². The largest absolute Gasteiger partial charge is 0.395 e. The van der Waals surface area contributed by atoms with E-state index in [1.807, 2.05) is 6.92 Å². The average molecular weight is 253 g/mol. The molecule has 1 aliphatic heterocycles. The standard InChI is InChI=1S/C13H23N3O2/c1-2-15(9-5-7-14)13(18)10-16-8-4-3-6-12(16)11-17/h12,17H,2-6,8-11H2,1H3. The quantitative estimate of drug-likeness (QED) is 0.752. The second-order valence-electron chi connectivity index (χ2n) is 4.68. The molecule has 0 aromatic heterocycles. The van der Waals surface area contributed by atoms with Crippen molar-refractivity contribution in [2.45, 2.75) is 38.6 Å². The Bertz CT molecular complexity index is 301. The van der Waals surface area contributed by atoms with E-state index in [1.54, 1.807) is 4.90 Å². The summed E-state index contributed by atoms with van der Waals surface area (Å²) in [6.07, 6.45) is 3.56. The number of rotatable bonds is 6. The van der Waals surface area contributed by atoms with Crippen LogP contribution >= 0.6 is 0 Å². The lowest BCUT2D eigenvalue weighted by atomic mass is 10.0. The average Bonchev–Trinajstić information content (AvgIpc) is 2.40. The van der Waals surface area contributed by atoms with Gasteiger partial charge in [0.15, 0.2) is 0 Å². The Morgan fingerprint density at radius 3 is 2.94 bits per heavy atom. The number of carbonyl (C=O) groups is 1. The van der Waals surface area contributed by atoms with Crippen molar-refractivity contribution in [2.75, 3.05) is 32.8 Å². The van der Waals surface area contributed by atoms with Crippen LogP contribution in [-0.2, 0) is 4.79 Å². The third-order valence-electron chi connectivity index (χ3n) is 3.53. The highest BCUT2D eigenvalue weighted by molar-refractivity contribution is 5.78. The molecule has 1 atom stereocenters. The van der Waals surface area contributed by atoms with Crippen LogP contribution in [0.25, 0.3) is 0 Å². The van der Waals surface area contributed by atoms with Gasteiger partial charge in [-0.2, -0.15) is 5.26 Å². The zero-order chi connectivity index (χ0) is 13.4. The van der Waals surface area contributed by atoms with Crippen LogP contribution in [0.3, 0.4) is 0 Å². The van der Waals surface area contributed by atoms with Crippen LogP contribution in [0, 0.1) is 11.3 Å². The van der Waals surface area contributed by atoms with Gasteiger partial charge in [-0.1, -0.05) is 6.42 Å². The Kier molecular flexibility index (Phi) is 6.69. The fourth-order valence-electron chi connectivity index (χ4n) is 2.39. The molecule has 1 N–H and O–H groups in total. The normalized spacial score (nSPS) is 20.4. The van der Waals surface area contributed by atoms with Gasteiger partial charge in [-0.15, -0.1) is 0 Å². The Hall–Kier alpha value is -1.12. The van der Waals surface area contributed by atoms with Crippen LogP contribution < -0.4 is 0 Å². The molecule has 0 aliphatic carbocycles. The SMILES string of the molecule is CCN(CCC#N)C(=O)CN1CCCCC1CO. The first kappa shape index (κ1) is 14.9. The zero-order valence-corrected chi connectivity index (χ0v) is 11.1. The maximum absolute atomic E-state index is 12.1. The van der Waals surface area contributed by atoms with Gasteiger partial charge in [0.05, 0.1) is 25.6 Å². The number of aliphatic hydroxyl groups is 1. The monoisotopic (exact) mass is 253 g/mol. The Morgan fingerprint density at radius 2 is 2.33 bits per heavy atom. The number of nitrogens with zero attached hydrogens (tertiary/aromatic N) is 3. The molecule has 102 valence electrons. The molecule has 0 saturated carbocycles. The molecule has 0 radical (unpaired) electrons. The molecule has 1 amide bonds. The van der Waals surface area contributed by atoms with Gasteiger partial charge in [0, 0.05) is 19.1 Å². The van der Waals surface area contributed by atoms with Crippen LogP contribution in [-0.4, -0.2) is 59.6 Å². The summed E-state index contributed by atoms with van der Waals surface area (Å²) in [6.45, 7) is 4.44. The van der Waals surface area contributed by atoms with Gasteiger partial charge >= 0.3 is 0 Å². The van der Waals surface area contributed by atoms with E-state index in [2.05, 4.69) is 11.0 Å². The van der Waals surface area contributed by atoms with Crippen LogP contribution in [0.1, 0.15) is 32.6 Å². The number of piperidine rings is 1. The minimum atomic E-state index is 0.0631. The summed E-state index contributed by atoms with van der Waals surface area (Å²) in [7, 11) is 0. The molecule has 1 fully saturated rings. The van der Waals surface area contributed by atoms with Crippen LogP contribution in [0.4, 0.5) is 0 Å².